The second-order valence-electron chi connectivity index (χ2n) is 5.66. The number of aromatic hydroxyl groups is 1. The fourth-order valence-electron chi connectivity index (χ4n) is 2.61. The van der Waals surface area contributed by atoms with Gasteiger partial charge in [-0.15, -0.1) is 0 Å². The number of aromatic carboxylic acids is 1. The summed E-state index contributed by atoms with van der Waals surface area (Å²) in [5.74, 6) is -1.46. The number of hydrogen-bond donors (Lipinski definition) is 2. The van der Waals surface area contributed by atoms with Crippen LogP contribution in [-0.4, -0.2) is 46.2 Å². The number of carbonyl (C=O) groups excluding carboxylic acids is 1. The van der Waals surface area contributed by atoms with E-state index < -0.39 is 5.97 Å². The lowest BCUT2D eigenvalue weighted by atomic mass is 10.1. The van der Waals surface area contributed by atoms with Crippen molar-refractivity contribution >= 4 is 11.9 Å². The average Bonchev–Trinajstić information content (AvgIpc) is 2.51. The zero-order valence-electron chi connectivity index (χ0n) is 12.9. The molecule has 24 heavy (non-hydrogen) atoms. The van der Waals surface area contributed by atoms with Crippen molar-refractivity contribution in [3.05, 3.63) is 59.7 Å². The molecule has 0 spiro atoms. The number of rotatable bonds is 5. The highest BCUT2D eigenvalue weighted by Crippen LogP contribution is 2.29. The number of carboxylic acid groups (broad SMARTS) is 1. The Bertz CT molecular complexity index is 753. The fourth-order valence-corrected chi connectivity index (χ4v) is 2.61. The Kier molecular flexibility index (Phi) is 4.37. The third-order valence-corrected chi connectivity index (χ3v) is 3.91. The maximum absolute atomic E-state index is 12.2. The number of hydrogen-bond acceptors (Lipinski definition) is 4. The Morgan fingerprint density at radius 3 is 2.46 bits per heavy atom. The molecule has 0 atom stereocenters. The molecule has 1 aliphatic heterocycles. The molecule has 0 aromatic heterocycles. The molecule has 2 N–H and O–H groups in total. The molecule has 0 aliphatic carbocycles. The molecule has 3 rings (SSSR count). The smallest absolute Gasteiger partial charge is 0.343 e. The van der Waals surface area contributed by atoms with Crippen LogP contribution in [0, 0.1) is 0 Å². The molecule has 1 amide bonds. The van der Waals surface area contributed by atoms with Crippen LogP contribution in [0.2, 0.25) is 0 Å². The first kappa shape index (κ1) is 15.9. The summed E-state index contributed by atoms with van der Waals surface area (Å²) in [5, 5.41) is 18.8. The van der Waals surface area contributed by atoms with Gasteiger partial charge in [0.25, 0.3) is 0 Å². The van der Waals surface area contributed by atoms with Gasteiger partial charge >= 0.3 is 5.97 Å². The van der Waals surface area contributed by atoms with Crippen molar-refractivity contribution in [3.8, 4) is 11.5 Å². The van der Waals surface area contributed by atoms with Gasteiger partial charge in [0.05, 0.1) is 19.5 Å². The number of carbonyl (C=O) groups is 2. The van der Waals surface area contributed by atoms with Gasteiger partial charge in [0, 0.05) is 0 Å². The molecule has 1 saturated heterocycles. The summed E-state index contributed by atoms with van der Waals surface area (Å²) in [6.45, 7) is 0.806. The van der Waals surface area contributed by atoms with Crippen LogP contribution in [0.15, 0.2) is 48.5 Å². The highest BCUT2D eigenvalue weighted by molar-refractivity contribution is 5.94. The molecular formula is C18H17NO5. The number of likely N-dealkylation sites (tertiary alicyclic amines) is 1. The topological polar surface area (TPSA) is 87.1 Å². The van der Waals surface area contributed by atoms with E-state index >= 15 is 0 Å². The number of carboxylic acids is 1. The van der Waals surface area contributed by atoms with Crippen LogP contribution in [-0.2, 0) is 11.2 Å². The minimum Gasteiger partial charge on any atom is -0.507 e. The van der Waals surface area contributed by atoms with E-state index in [9.17, 15) is 14.7 Å². The SMILES string of the molecule is O=C(O)c1c(O)cccc1OC1CN(C(=O)Cc2ccccc2)C1. The number of benzene rings is 2. The van der Waals surface area contributed by atoms with Gasteiger partial charge in [0.1, 0.15) is 23.2 Å². The lowest BCUT2D eigenvalue weighted by Gasteiger charge is -2.39. The number of ether oxygens (including phenoxy) is 1. The summed E-state index contributed by atoms with van der Waals surface area (Å²) >= 11 is 0. The Morgan fingerprint density at radius 1 is 1.08 bits per heavy atom. The van der Waals surface area contributed by atoms with E-state index in [4.69, 9.17) is 9.84 Å². The van der Waals surface area contributed by atoms with Crippen LogP contribution in [0.3, 0.4) is 0 Å². The van der Waals surface area contributed by atoms with Crippen molar-refractivity contribution < 1.29 is 24.5 Å². The van der Waals surface area contributed by atoms with Gasteiger partial charge in [0.15, 0.2) is 0 Å². The molecule has 0 radical (unpaired) electrons. The normalized spacial score (nSPS) is 14.1. The second kappa shape index (κ2) is 6.62. The van der Waals surface area contributed by atoms with E-state index in [-0.39, 0.29) is 29.1 Å². The van der Waals surface area contributed by atoms with E-state index in [1.807, 2.05) is 30.3 Å². The van der Waals surface area contributed by atoms with E-state index in [0.29, 0.717) is 19.5 Å². The lowest BCUT2D eigenvalue weighted by molar-refractivity contribution is -0.139. The Hall–Kier alpha value is -3.02. The molecule has 6 nitrogen and oxygen atoms in total. The van der Waals surface area contributed by atoms with Gasteiger partial charge in [-0.1, -0.05) is 36.4 Å². The van der Waals surface area contributed by atoms with Crippen LogP contribution in [0.1, 0.15) is 15.9 Å². The van der Waals surface area contributed by atoms with Crippen molar-refractivity contribution in [1.82, 2.24) is 4.90 Å². The van der Waals surface area contributed by atoms with Crippen LogP contribution in [0.4, 0.5) is 0 Å². The van der Waals surface area contributed by atoms with Crippen molar-refractivity contribution in [3.63, 3.8) is 0 Å². The van der Waals surface area contributed by atoms with Gasteiger partial charge in [-0.3, -0.25) is 4.79 Å². The van der Waals surface area contributed by atoms with E-state index in [1.54, 1.807) is 4.90 Å². The van der Waals surface area contributed by atoms with Crippen molar-refractivity contribution in [2.24, 2.45) is 0 Å². The molecule has 0 unspecified atom stereocenters. The van der Waals surface area contributed by atoms with E-state index in [0.717, 1.165) is 5.56 Å². The van der Waals surface area contributed by atoms with E-state index in [1.165, 1.54) is 18.2 Å². The maximum atomic E-state index is 12.2. The summed E-state index contributed by atoms with van der Waals surface area (Å²) in [4.78, 5) is 25.0. The zero-order chi connectivity index (χ0) is 17.1. The second-order valence-corrected chi connectivity index (χ2v) is 5.66. The predicted molar refractivity (Wildman–Crippen MR) is 86.2 cm³/mol. The third-order valence-electron chi connectivity index (χ3n) is 3.91. The van der Waals surface area contributed by atoms with Gasteiger partial charge in [-0.05, 0) is 17.7 Å². The maximum Gasteiger partial charge on any atom is 0.343 e. The molecule has 124 valence electrons. The molecule has 6 heteroatoms. The van der Waals surface area contributed by atoms with Crippen LogP contribution >= 0.6 is 0 Å². The lowest BCUT2D eigenvalue weighted by Crippen LogP contribution is -2.56. The molecular weight excluding hydrogens is 310 g/mol. The molecule has 1 fully saturated rings. The monoisotopic (exact) mass is 327 g/mol. The molecule has 2 aromatic rings. The van der Waals surface area contributed by atoms with Gasteiger partial charge in [0.2, 0.25) is 5.91 Å². The Labute approximate surface area is 138 Å². The van der Waals surface area contributed by atoms with E-state index in [2.05, 4.69) is 0 Å². The van der Waals surface area contributed by atoms with Crippen LogP contribution in [0.5, 0.6) is 11.5 Å². The quantitative estimate of drug-likeness (QED) is 0.876. The first-order valence-electron chi connectivity index (χ1n) is 7.58. The first-order valence-corrected chi connectivity index (χ1v) is 7.58. The highest BCUT2D eigenvalue weighted by Gasteiger charge is 2.33. The van der Waals surface area contributed by atoms with Crippen molar-refractivity contribution in [2.75, 3.05) is 13.1 Å². The van der Waals surface area contributed by atoms with Gasteiger partial charge < -0.3 is 19.8 Å². The first-order chi connectivity index (χ1) is 11.5. The minimum atomic E-state index is -1.25. The van der Waals surface area contributed by atoms with Crippen molar-refractivity contribution in [2.45, 2.75) is 12.5 Å². The predicted octanol–water partition coefficient (Wildman–Crippen LogP) is 1.92. The summed E-state index contributed by atoms with van der Waals surface area (Å²) in [5.41, 5.74) is 0.694. The summed E-state index contributed by atoms with van der Waals surface area (Å²) in [7, 11) is 0. The van der Waals surface area contributed by atoms with Crippen molar-refractivity contribution in [1.29, 1.82) is 0 Å². The van der Waals surface area contributed by atoms with Gasteiger partial charge in [-0.25, -0.2) is 4.79 Å². The molecule has 1 heterocycles. The third kappa shape index (κ3) is 3.32. The zero-order valence-corrected chi connectivity index (χ0v) is 12.9. The molecule has 0 bridgehead atoms. The molecule has 0 saturated carbocycles. The summed E-state index contributed by atoms with van der Waals surface area (Å²) in [6, 6.07) is 13.8. The number of phenols is 1. The minimum absolute atomic E-state index is 0.00965. The number of amides is 1. The Morgan fingerprint density at radius 2 is 1.79 bits per heavy atom. The Balaban J connectivity index is 1.57. The van der Waals surface area contributed by atoms with Crippen LogP contribution < -0.4 is 4.74 Å². The molecule has 2 aromatic carbocycles. The fraction of sp³-hybridized carbons (Fsp3) is 0.222. The average molecular weight is 327 g/mol. The summed E-state index contributed by atoms with van der Waals surface area (Å²) in [6.07, 6.45) is 0.0599. The molecule has 1 aliphatic rings. The highest BCUT2D eigenvalue weighted by atomic mass is 16.5. The standard InChI is InChI=1S/C18H17NO5/c20-14-7-4-8-15(17(14)18(22)23)24-13-10-19(11-13)16(21)9-12-5-2-1-3-6-12/h1-8,13,20H,9-11H2,(H,22,23). The largest absolute Gasteiger partial charge is 0.507 e. The number of nitrogens with zero attached hydrogens (tertiary/aromatic N) is 1. The van der Waals surface area contributed by atoms with Crippen LogP contribution in [0.25, 0.3) is 0 Å². The van der Waals surface area contributed by atoms with Gasteiger partial charge in [-0.2, -0.15) is 0 Å². The summed E-state index contributed by atoms with van der Waals surface area (Å²) < 4.78 is 5.62.